The summed E-state index contributed by atoms with van der Waals surface area (Å²) in [6.45, 7) is 3.39. The van der Waals surface area contributed by atoms with Crippen molar-refractivity contribution in [1.29, 1.82) is 0 Å². The zero-order chi connectivity index (χ0) is 18.0. The molecule has 1 fully saturated rings. The normalized spacial score (nSPS) is 13.8. The minimum Gasteiger partial charge on any atom is -0.339 e. The average molecular weight is 339 g/mol. The molecule has 0 spiro atoms. The van der Waals surface area contributed by atoms with Crippen molar-refractivity contribution in [3.63, 3.8) is 0 Å². The first-order chi connectivity index (χ1) is 12.0. The molecule has 3 rings (SSSR count). The van der Waals surface area contributed by atoms with Crippen molar-refractivity contribution in [3.8, 4) is 0 Å². The Labute approximate surface area is 146 Å². The molecule has 6 heteroatoms. The van der Waals surface area contributed by atoms with E-state index >= 15 is 0 Å². The van der Waals surface area contributed by atoms with Gasteiger partial charge in [0.25, 0.3) is 17.4 Å². The van der Waals surface area contributed by atoms with Gasteiger partial charge in [-0.05, 0) is 38.0 Å². The number of rotatable bonds is 3. The number of nitrogens with one attached hydrogen (secondary N) is 1. The molecule has 130 valence electrons. The van der Waals surface area contributed by atoms with E-state index in [1.807, 2.05) is 19.1 Å². The van der Waals surface area contributed by atoms with Crippen molar-refractivity contribution < 1.29 is 9.59 Å². The predicted octanol–water partition coefficient (Wildman–Crippen LogP) is 2.18. The topological polar surface area (TPSA) is 71.4 Å². The summed E-state index contributed by atoms with van der Waals surface area (Å²) in [6.07, 6.45) is 3.51. The summed E-state index contributed by atoms with van der Waals surface area (Å²) in [7, 11) is 1.57. The third kappa shape index (κ3) is 3.63. The first-order valence-corrected chi connectivity index (χ1v) is 8.33. The molecule has 1 aliphatic heterocycles. The third-order valence-corrected chi connectivity index (χ3v) is 4.39. The van der Waals surface area contributed by atoms with Gasteiger partial charge in [-0.15, -0.1) is 0 Å². The molecular weight excluding hydrogens is 318 g/mol. The van der Waals surface area contributed by atoms with Crippen molar-refractivity contribution >= 4 is 17.5 Å². The summed E-state index contributed by atoms with van der Waals surface area (Å²) >= 11 is 0. The Morgan fingerprint density at radius 3 is 2.32 bits per heavy atom. The summed E-state index contributed by atoms with van der Waals surface area (Å²) in [5, 5.41) is 2.63. The van der Waals surface area contributed by atoms with Gasteiger partial charge in [0.15, 0.2) is 0 Å². The first kappa shape index (κ1) is 17.0. The van der Waals surface area contributed by atoms with Gasteiger partial charge in [-0.25, -0.2) is 0 Å². The van der Waals surface area contributed by atoms with Crippen LogP contribution < -0.4 is 10.9 Å². The van der Waals surface area contributed by atoms with Gasteiger partial charge in [0.2, 0.25) is 0 Å². The lowest BCUT2D eigenvalue weighted by Gasteiger charge is -2.16. The Morgan fingerprint density at radius 1 is 1.04 bits per heavy atom. The largest absolute Gasteiger partial charge is 0.339 e. The number of likely N-dealkylation sites (tertiary alicyclic amines) is 1. The van der Waals surface area contributed by atoms with E-state index in [-0.39, 0.29) is 23.1 Å². The van der Waals surface area contributed by atoms with E-state index in [2.05, 4.69) is 5.32 Å². The molecular formula is C19H21N3O3. The molecule has 0 bridgehead atoms. The molecule has 1 N–H and O–H groups in total. The van der Waals surface area contributed by atoms with Crippen molar-refractivity contribution in [3.05, 3.63) is 63.6 Å². The lowest BCUT2D eigenvalue weighted by molar-refractivity contribution is 0.0791. The highest BCUT2D eigenvalue weighted by Crippen LogP contribution is 2.15. The van der Waals surface area contributed by atoms with Gasteiger partial charge >= 0.3 is 0 Å². The fourth-order valence-corrected chi connectivity index (χ4v) is 2.92. The predicted molar refractivity (Wildman–Crippen MR) is 96.0 cm³/mol. The van der Waals surface area contributed by atoms with Crippen LogP contribution in [0.25, 0.3) is 0 Å². The van der Waals surface area contributed by atoms with Gasteiger partial charge in [-0.2, -0.15) is 0 Å². The van der Waals surface area contributed by atoms with E-state index in [1.54, 1.807) is 24.1 Å². The molecule has 0 saturated carbocycles. The summed E-state index contributed by atoms with van der Waals surface area (Å²) < 4.78 is 1.33. The summed E-state index contributed by atoms with van der Waals surface area (Å²) in [6, 6.07) is 8.54. The molecule has 1 aromatic heterocycles. The number of anilines is 1. The van der Waals surface area contributed by atoms with E-state index < -0.39 is 0 Å². The molecule has 1 saturated heterocycles. The van der Waals surface area contributed by atoms with Crippen LogP contribution in [0, 0.1) is 6.92 Å². The number of carbonyl (C=O) groups is 2. The van der Waals surface area contributed by atoms with Crippen LogP contribution in [0.15, 0.2) is 41.3 Å². The van der Waals surface area contributed by atoms with E-state index in [0.717, 1.165) is 31.5 Å². The zero-order valence-corrected chi connectivity index (χ0v) is 14.4. The van der Waals surface area contributed by atoms with Gasteiger partial charge in [0.05, 0.1) is 5.56 Å². The molecule has 2 aromatic rings. The van der Waals surface area contributed by atoms with E-state index in [1.165, 1.54) is 16.8 Å². The van der Waals surface area contributed by atoms with Crippen molar-refractivity contribution in [2.24, 2.45) is 7.05 Å². The molecule has 25 heavy (non-hydrogen) atoms. The standard InChI is InChI=1S/C19H21N3O3/c1-13-5-7-14(8-6-13)17(23)20-16-11-15(12-21(2)19(16)25)18(24)22-9-3-4-10-22/h5-8,11-12H,3-4,9-10H2,1-2H3,(H,20,23). The minimum absolute atomic E-state index is 0.109. The monoisotopic (exact) mass is 339 g/mol. The number of carbonyl (C=O) groups excluding carboxylic acids is 2. The van der Waals surface area contributed by atoms with Crippen molar-refractivity contribution in [2.45, 2.75) is 19.8 Å². The van der Waals surface area contributed by atoms with Crippen molar-refractivity contribution in [1.82, 2.24) is 9.47 Å². The summed E-state index contributed by atoms with van der Waals surface area (Å²) in [5.74, 6) is -0.484. The molecule has 1 aromatic carbocycles. The molecule has 2 amide bonds. The number of benzene rings is 1. The number of amides is 2. The smallest absolute Gasteiger partial charge is 0.274 e. The van der Waals surface area contributed by atoms with E-state index in [4.69, 9.17) is 0 Å². The fraction of sp³-hybridized carbons (Fsp3) is 0.316. The summed E-state index contributed by atoms with van der Waals surface area (Å²) in [4.78, 5) is 39.0. The van der Waals surface area contributed by atoms with Gasteiger partial charge in [0, 0.05) is 31.9 Å². The second-order valence-corrected chi connectivity index (χ2v) is 6.38. The highest BCUT2D eigenvalue weighted by molar-refractivity contribution is 6.05. The van der Waals surface area contributed by atoms with Crippen LogP contribution in [-0.4, -0.2) is 34.4 Å². The maximum Gasteiger partial charge on any atom is 0.274 e. The number of nitrogens with zero attached hydrogens (tertiary/aromatic N) is 2. The van der Waals surface area contributed by atoms with E-state index in [0.29, 0.717) is 11.1 Å². The molecule has 0 unspecified atom stereocenters. The molecule has 0 atom stereocenters. The zero-order valence-electron chi connectivity index (χ0n) is 14.4. The Kier molecular flexibility index (Phi) is 4.70. The maximum atomic E-state index is 12.6. The van der Waals surface area contributed by atoms with Crippen LogP contribution in [-0.2, 0) is 7.05 Å². The fourth-order valence-electron chi connectivity index (χ4n) is 2.92. The number of pyridine rings is 1. The van der Waals surface area contributed by atoms with Crippen LogP contribution in [0.5, 0.6) is 0 Å². The van der Waals surface area contributed by atoms with Crippen LogP contribution >= 0.6 is 0 Å². The number of aromatic nitrogens is 1. The lowest BCUT2D eigenvalue weighted by Crippen LogP contribution is -2.30. The van der Waals surface area contributed by atoms with E-state index in [9.17, 15) is 14.4 Å². The average Bonchev–Trinajstić information content (AvgIpc) is 3.13. The molecule has 0 radical (unpaired) electrons. The number of aryl methyl sites for hydroxylation is 2. The Bertz CT molecular complexity index is 862. The first-order valence-electron chi connectivity index (χ1n) is 8.33. The van der Waals surface area contributed by atoms with Gasteiger partial charge in [-0.1, -0.05) is 17.7 Å². The lowest BCUT2D eigenvalue weighted by atomic mass is 10.1. The highest BCUT2D eigenvalue weighted by Gasteiger charge is 2.21. The number of hydrogen-bond donors (Lipinski definition) is 1. The molecule has 1 aliphatic rings. The van der Waals surface area contributed by atoms with Gasteiger partial charge in [-0.3, -0.25) is 14.4 Å². The van der Waals surface area contributed by atoms with Crippen molar-refractivity contribution in [2.75, 3.05) is 18.4 Å². The highest BCUT2D eigenvalue weighted by atomic mass is 16.2. The van der Waals surface area contributed by atoms with Crippen LogP contribution in [0.4, 0.5) is 5.69 Å². The molecule has 2 heterocycles. The molecule has 0 aliphatic carbocycles. The molecule has 6 nitrogen and oxygen atoms in total. The van der Waals surface area contributed by atoms with Crippen LogP contribution in [0.1, 0.15) is 39.1 Å². The second kappa shape index (κ2) is 6.93. The van der Waals surface area contributed by atoms with Crippen LogP contribution in [0.3, 0.4) is 0 Å². The Balaban J connectivity index is 1.87. The van der Waals surface area contributed by atoms with Gasteiger partial charge in [0.1, 0.15) is 5.69 Å². The second-order valence-electron chi connectivity index (χ2n) is 6.38. The van der Waals surface area contributed by atoms with Crippen LogP contribution in [0.2, 0.25) is 0 Å². The van der Waals surface area contributed by atoms with Gasteiger partial charge < -0.3 is 14.8 Å². The third-order valence-electron chi connectivity index (χ3n) is 4.39. The Hall–Kier alpha value is -2.89. The maximum absolute atomic E-state index is 12.6. The quantitative estimate of drug-likeness (QED) is 0.932. The SMILES string of the molecule is Cc1ccc(C(=O)Nc2cc(C(=O)N3CCCC3)cn(C)c2=O)cc1. The minimum atomic E-state index is -0.372. The Morgan fingerprint density at radius 2 is 1.68 bits per heavy atom. The summed E-state index contributed by atoms with van der Waals surface area (Å²) in [5.41, 5.74) is 1.68. The number of hydrogen-bond acceptors (Lipinski definition) is 3.